The molecule has 0 radical (unpaired) electrons. The summed E-state index contributed by atoms with van der Waals surface area (Å²) in [6.07, 6.45) is 7.48. The van der Waals surface area contributed by atoms with E-state index in [4.69, 9.17) is 11.6 Å². The summed E-state index contributed by atoms with van der Waals surface area (Å²) >= 11 is 6.29. The SMILES string of the molecule is Cc1ccncc1-c1cc2cc(NC(=O)[C@@H]3C[C@H]3c3cn(S(C)(=O)=O)nn3)ncc2c(Cl)c1F. The van der Waals surface area contributed by atoms with Crippen molar-refractivity contribution in [2.45, 2.75) is 19.3 Å². The normalized spacial score (nSPS) is 17.6. The molecule has 1 saturated carbocycles. The van der Waals surface area contributed by atoms with Gasteiger partial charge in [-0.2, -0.15) is 0 Å². The minimum Gasteiger partial charge on any atom is -0.310 e. The van der Waals surface area contributed by atoms with Crippen molar-refractivity contribution in [3.05, 3.63) is 65.1 Å². The summed E-state index contributed by atoms with van der Waals surface area (Å²) < 4.78 is 38.9. The van der Waals surface area contributed by atoms with Crippen molar-refractivity contribution in [1.29, 1.82) is 0 Å². The zero-order valence-corrected chi connectivity index (χ0v) is 19.6. The van der Waals surface area contributed by atoms with Crippen LogP contribution in [0.3, 0.4) is 0 Å². The van der Waals surface area contributed by atoms with Crippen LogP contribution in [-0.2, 0) is 14.8 Å². The average molecular weight is 501 g/mol. The number of aromatic nitrogens is 5. The molecule has 1 aromatic carbocycles. The Labute approximate surface area is 199 Å². The Kier molecular flexibility index (Phi) is 5.33. The van der Waals surface area contributed by atoms with E-state index in [1.165, 1.54) is 12.4 Å². The highest BCUT2D eigenvalue weighted by Gasteiger charge is 2.46. The molecule has 4 aromatic rings. The van der Waals surface area contributed by atoms with Crippen molar-refractivity contribution < 1.29 is 17.6 Å². The Morgan fingerprint density at radius 1 is 1.26 bits per heavy atom. The number of nitrogens with zero attached hydrogens (tertiary/aromatic N) is 5. The number of rotatable bonds is 5. The molecule has 0 aliphatic heterocycles. The molecule has 3 aromatic heterocycles. The summed E-state index contributed by atoms with van der Waals surface area (Å²) in [6, 6.07) is 5.07. The van der Waals surface area contributed by atoms with E-state index in [1.807, 2.05) is 6.92 Å². The molecule has 0 bridgehead atoms. The molecule has 0 saturated heterocycles. The van der Waals surface area contributed by atoms with Crippen LogP contribution in [0.4, 0.5) is 10.2 Å². The first-order valence-corrected chi connectivity index (χ1v) is 12.5. The molecule has 174 valence electrons. The highest BCUT2D eigenvalue weighted by Crippen LogP contribution is 2.47. The molecule has 1 amide bonds. The fourth-order valence-corrected chi connectivity index (χ4v) is 4.59. The third-order valence-corrected chi connectivity index (χ3v) is 7.05. The topological polar surface area (TPSA) is 120 Å². The van der Waals surface area contributed by atoms with Gasteiger partial charge in [0.15, 0.2) is 0 Å². The highest BCUT2D eigenvalue weighted by molar-refractivity contribution is 7.89. The minimum atomic E-state index is -3.54. The van der Waals surface area contributed by atoms with Crippen molar-refractivity contribution in [2.75, 3.05) is 11.6 Å². The van der Waals surface area contributed by atoms with Gasteiger partial charge in [-0.3, -0.25) is 9.78 Å². The molecule has 1 fully saturated rings. The predicted molar refractivity (Wildman–Crippen MR) is 124 cm³/mol. The predicted octanol–water partition coefficient (Wildman–Crippen LogP) is 3.54. The van der Waals surface area contributed by atoms with Crippen LogP contribution >= 0.6 is 11.6 Å². The molecule has 0 spiro atoms. The zero-order valence-electron chi connectivity index (χ0n) is 18.0. The smallest absolute Gasteiger partial charge is 0.252 e. The van der Waals surface area contributed by atoms with Crippen LogP contribution in [0.2, 0.25) is 5.02 Å². The number of anilines is 1. The summed E-state index contributed by atoms with van der Waals surface area (Å²) in [6.45, 7) is 1.85. The minimum absolute atomic E-state index is 0.0580. The fraction of sp³-hybridized carbons (Fsp3) is 0.227. The second-order valence-electron chi connectivity index (χ2n) is 8.25. The summed E-state index contributed by atoms with van der Waals surface area (Å²) in [5, 5.41) is 11.2. The Balaban J connectivity index is 1.39. The molecule has 34 heavy (non-hydrogen) atoms. The molecule has 5 rings (SSSR count). The quantitative estimate of drug-likeness (QED) is 0.445. The lowest BCUT2D eigenvalue weighted by atomic mass is 9.99. The van der Waals surface area contributed by atoms with Crippen LogP contribution in [0, 0.1) is 18.7 Å². The van der Waals surface area contributed by atoms with E-state index >= 15 is 0 Å². The Hall–Kier alpha value is -3.44. The van der Waals surface area contributed by atoms with Gasteiger partial charge in [0.2, 0.25) is 5.91 Å². The second kappa shape index (κ2) is 8.10. The van der Waals surface area contributed by atoms with Crippen LogP contribution < -0.4 is 5.32 Å². The number of hydrogen-bond acceptors (Lipinski definition) is 7. The number of fused-ring (bicyclic) bond motifs is 1. The number of hydrogen-bond donors (Lipinski definition) is 1. The number of benzene rings is 1. The Bertz CT molecular complexity index is 1570. The molecule has 9 nitrogen and oxygen atoms in total. The third kappa shape index (κ3) is 4.01. The standard InChI is InChI=1S/C22H18ClFN6O3S/c1-11-3-4-25-8-16(11)14-5-12-6-19(26-9-17(12)20(23)21(14)24)27-22(31)15-7-13(15)18-10-30(29-28-18)34(2,32)33/h3-6,8-10,13,15H,7H2,1-2H3,(H,26,27,31)/t13-,15-/m1/s1. The van der Waals surface area contributed by atoms with E-state index in [9.17, 15) is 17.6 Å². The first-order chi connectivity index (χ1) is 16.1. The summed E-state index contributed by atoms with van der Waals surface area (Å²) in [5.41, 5.74) is 2.22. The van der Waals surface area contributed by atoms with E-state index in [1.54, 1.807) is 30.6 Å². The van der Waals surface area contributed by atoms with Crippen LogP contribution in [0.5, 0.6) is 0 Å². The lowest BCUT2D eigenvalue weighted by molar-refractivity contribution is -0.117. The maximum absolute atomic E-state index is 15.0. The van der Waals surface area contributed by atoms with Crippen LogP contribution in [0.25, 0.3) is 21.9 Å². The van der Waals surface area contributed by atoms with Crippen LogP contribution in [-0.4, -0.2) is 44.9 Å². The van der Waals surface area contributed by atoms with Crippen LogP contribution in [0.15, 0.2) is 43.0 Å². The summed E-state index contributed by atoms with van der Waals surface area (Å²) in [5.74, 6) is -1.15. The van der Waals surface area contributed by atoms with Crippen LogP contribution in [0.1, 0.15) is 23.6 Å². The molecule has 1 aliphatic carbocycles. The molecular weight excluding hydrogens is 483 g/mol. The fourth-order valence-electron chi connectivity index (χ4n) is 3.86. The van der Waals surface area contributed by atoms with E-state index in [-0.39, 0.29) is 22.8 Å². The molecule has 2 atom stereocenters. The van der Waals surface area contributed by atoms with Gasteiger partial charge >= 0.3 is 0 Å². The number of carbonyl (C=O) groups excluding carboxylic acids is 1. The van der Waals surface area contributed by atoms with E-state index in [2.05, 4.69) is 25.6 Å². The van der Waals surface area contributed by atoms with E-state index in [0.29, 0.717) is 39.8 Å². The van der Waals surface area contributed by atoms with Gasteiger partial charge in [0.1, 0.15) is 11.6 Å². The number of carbonyl (C=O) groups is 1. The van der Waals surface area contributed by atoms with Gasteiger partial charge in [-0.15, -0.1) is 9.19 Å². The Morgan fingerprint density at radius 2 is 2.06 bits per heavy atom. The van der Waals surface area contributed by atoms with Gasteiger partial charge in [0.25, 0.3) is 10.0 Å². The molecule has 3 heterocycles. The van der Waals surface area contributed by atoms with Gasteiger partial charge < -0.3 is 5.32 Å². The zero-order chi connectivity index (χ0) is 24.2. The first kappa shape index (κ1) is 22.4. The molecule has 1 aliphatic rings. The lowest BCUT2D eigenvalue weighted by Gasteiger charge is -2.12. The third-order valence-electron chi connectivity index (χ3n) is 5.82. The first-order valence-electron chi connectivity index (χ1n) is 10.3. The monoisotopic (exact) mass is 500 g/mol. The van der Waals surface area contributed by atoms with Gasteiger partial charge in [-0.05, 0) is 42.5 Å². The molecule has 0 unspecified atom stereocenters. The second-order valence-corrected chi connectivity index (χ2v) is 10.5. The largest absolute Gasteiger partial charge is 0.310 e. The van der Waals surface area contributed by atoms with Crippen molar-refractivity contribution in [3.63, 3.8) is 0 Å². The van der Waals surface area contributed by atoms with Crippen molar-refractivity contribution in [1.82, 2.24) is 24.4 Å². The number of aryl methyl sites for hydroxylation is 1. The van der Waals surface area contributed by atoms with Crippen molar-refractivity contribution >= 4 is 44.1 Å². The Morgan fingerprint density at radius 3 is 2.76 bits per heavy atom. The summed E-state index contributed by atoms with van der Waals surface area (Å²) in [7, 11) is -3.54. The maximum Gasteiger partial charge on any atom is 0.252 e. The van der Waals surface area contributed by atoms with Gasteiger partial charge in [-0.25, -0.2) is 17.8 Å². The van der Waals surface area contributed by atoms with Crippen molar-refractivity contribution in [3.8, 4) is 11.1 Å². The maximum atomic E-state index is 15.0. The number of nitrogens with one attached hydrogen (secondary N) is 1. The summed E-state index contributed by atoms with van der Waals surface area (Å²) in [4.78, 5) is 21.0. The number of amides is 1. The van der Waals surface area contributed by atoms with Gasteiger partial charge in [-0.1, -0.05) is 16.8 Å². The molecule has 1 N–H and O–H groups in total. The number of pyridine rings is 2. The molecule has 12 heteroatoms. The van der Waals surface area contributed by atoms with Crippen molar-refractivity contribution in [2.24, 2.45) is 5.92 Å². The lowest BCUT2D eigenvalue weighted by Crippen LogP contribution is -2.15. The average Bonchev–Trinajstić information content (AvgIpc) is 3.43. The van der Waals surface area contributed by atoms with E-state index < -0.39 is 15.8 Å². The van der Waals surface area contributed by atoms with Gasteiger partial charge in [0, 0.05) is 46.9 Å². The highest BCUT2D eigenvalue weighted by atomic mass is 35.5. The molecular formula is C22H18ClFN6O3S. The van der Waals surface area contributed by atoms with E-state index in [0.717, 1.165) is 15.9 Å². The van der Waals surface area contributed by atoms with Gasteiger partial charge in [0.05, 0.1) is 23.2 Å². The number of halogens is 2.